The molecular weight excluding hydrogens is 374 g/mol. The van der Waals surface area contributed by atoms with Crippen LogP contribution in [0.25, 0.3) is 0 Å². The number of ether oxygens (including phenoxy) is 3. The molecule has 0 aliphatic carbocycles. The van der Waals surface area contributed by atoms with Gasteiger partial charge in [0.25, 0.3) is 0 Å². The molecule has 1 aliphatic heterocycles. The monoisotopic (exact) mass is 405 g/mol. The van der Waals surface area contributed by atoms with Gasteiger partial charge in [-0.2, -0.15) is 0 Å². The largest absolute Gasteiger partial charge is 0.493 e. The molecule has 2 heterocycles. The zero-order valence-corrected chi connectivity index (χ0v) is 17.2. The third-order valence-corrected chi connectivity index (χ3v) is 4.83. The Bertz CT molecular complexity index is 746. The fourth-order valence-electron chi connectivity index (χ4n) is 3.20. The minimum Gasteiger partial charge on any atom is -0.493 e. The molecule has 1 aromatic carbocycles. The van der Waals surface area contributed by atoms with Gasteiger partial charge in [0.1, 0.15) is 12.7 Å². The van der Waals surface area contributed by atoms with Crippen molar-refractivity contribution >= 4 is 0 Å². The van der Waals surface area contributed by atoms with Gasteiger partial charge in [0.2, 0.25) is 0 Å². The molecule has 1 fully saturated rings. The second-order valence-corrected chi connectivity index (χ2v) is 7.10. The van der Waals surface area contributed by atoms with E-state index in [2.05, 4.69) is 15.4 Å². The maximum atomic E-state index is 10.3. The van der Waals surface area contributed by atoms with Gasteiger partial charge in [-0.15, -0.1) is 0 Å². The van der Waals surface area contributed by atoms with E-state index in [1.54, 1.807) is 7.11 Å². The Labute approximate surface area is 171 Å². The van der Waals surface area contributed by atoms with Crippen molar-refractivity contribution in [3.8, 4) is 11.5 Å². The Kier molecular flexibility index (Phi) is 8.30. The smallest absolute Gasteiger partial charge is 0.161 e. The Morgan fingerprint density at radius 1 is 1.21 bits per heavy atom. The number of rotatable bonds is 11. The van der Waals surface area contributed by atoms with Crippen LogP contribution in [0.3, 0.4) is 0 Å². The van der Waals surface area contributed by atoms with Crippen molar-refractivity contribution in [2.45, 2.75) is 32.5 Å². The molecule has 2 N–H and O–H groups in total. The first-order chi connectivity index (χ1) is 14.2. The molecule has 0 radical (unpaired) electrons. The number of aryl methyl sites for hydroxylation is 1. The lowest BCUT2D eigenvalue weighted by Crippen LogP contribution is -2.42. The highest BCUT2D eigenvalue weighted by Crippen LogP contribution is 2.28. The summed E-state index contributed by atoms with van der Waals surface area (Å²) in [6, 6.07) is 7.76. The number of aliphatic hydroxyl groups excluding tert-OH is 1. The maximum absolute atomic E-state index is 10.3. The predicted molar refractivity (Wildman–Crippen MR) is 108 cm³/mol. The van der Waals surface area contributed by atoms with Crippen molar-refractivity contribution in [3.63, 3.8) is 0 Å². The highest BCUT2D eigenvalue weighted by Gasteiger charge is 2.16. The summed E-state index contributed by atoms with van der Waals surface area (Å²) >= 11 is 0. The predicted octanol–water partition coefficient (Wildman–Crippen LogP) is 1.61. The van der Waals surface area contributed by atoms with E-state index in [-0.39, 0.29) is 6.61 Å². The Balaban J connectivity index is 1.46. The number of aromatic nitrogens is 1. The van der Waals surface area contributed by atoms with Gasteiger partial charge in [-0.25, -0.2) is 0 Å². The number of nitrogens with zero attached hydrogens (tertiary/aromatic N) is 2. The molecule has 1 saturated heterocycles. The molecule has 0 bridgehead atoms. The maximum Gasteiger partial charge on any atom is 0.161 e. The van der Waals surface area contributed by atoms with Gasteiger partial charge in [-0.3, -0.25) is 4.90 Å². The number of nitrogens with one attached hydrogen (secondary N) is 1. The molecule has 2 aromatic rings. The fourth-order valence-corrected chi connectivity index (χ4v) is 3.20. The zero-order chi connectivity index (χ0) is 20.5. The van der Waals surface area contributed by atoms with E-state index in [0.29, 0.717) is 44.3 Å². The van der Waals surface area contributed by atoms with Gasteiger partial charge in [-0.05, 0) is 24.1 Å². The average Bonchev–Trinajstić information content (AvgIpc) is 3.21. The Morgan fingerprint density at radius 3 is 2.76 bits per heavy atom. The summed E-state index contributed by atoms with van der Waals surface area (Å²) in [5.74, 6) is 2.10. The number of morpholine rings is 1. The van der Waals surface area contributed by atoms with Crippen molar-refractivity contribution < 1.29 is 23.8 Å². The van der Waals surface area contributed by atoms with Crippen LogP contribution in [0, 0.1) is 0 Å². The van der Waals surface area contributed by atoms with Crippen molar-refractivity contribution in [1.82, 2.24) is 15.4 Å². The number of methoxy groups -OCH3 is 1. The SMILES string of the molecule is CCc1cc(CNCc2ccc(OCC(O)CN3CCOCC3)c(OC)c2)on1. The van der Waals surface area contributed by atoms with Crippen molar-refractivity contribution in [3.05, 3.63) is 41.3 Å². The molecule has 1 unspecified atom stereocenters. The van der Waals surface area contributed by atoms with Crippen LogP contribution in [0.15, 0.2) is 28.8 Å². The van der Waals surface area contributed by atoms with E-state index < -0.39 is 6.10 Å². The standard InChI is InChI=1S/C21H31N3O5/c1-3-17-11-19(29-23-17)13-22-12-16-4-5-20(21(10-16)26-2)28-15-18(25)14-24-6-8-27-9-7-24/h4-5,10-11,18,22,25H,3,6-9,12-15H2,1-2H3. The zero-order valence-electron chi connectivity index (χ0n) is 17.2. The number of aliphatic hydroxyl groups is 1. The Hall–Kier alpha value is -2.13. The number of hydrogen-bond donors (Lipinski definition) is 2. The van der Waals surface area contributed by atoms with Gasteiger partial charge in [0.15, 0.2) is 17.3 Å². The molecular formula is C21H31N3O5. The van der Waals surface area contributed by atoms with Crippen LogP contribution in [0.4, 0.5) is 0 Å². The van der Waals surface area contributed by atoms with Crippen LogP contribution in [0.2, 0.25) is 0 Å². The van der Waals surface area contributed by atoms with Crippen LogP contribution in [-0.4, -0.2) is 67.8 Å². The van der Waals surface area contributed by atoms with Crippen molar-refractivity contribution in [2.75, 3.05) is 46.6 Å². The third kappa shape index (κ3) is 6.71. The Morgan fingerprint density at radius 2 is 2.03 bits per heavy atom. The average molecular weight is 405 g/mol. The molecule has 0 spiro atoms. The second kappa shape index (κ2) is 11.2. The molecule has 1 atom stereocenters. The van der Waals surface area contributed by atoms with Crippen molar-refractivity contribution in [1.29, 1.82) is 0 Å². The summed E-state index contributed by atoms with van der Waals surface area (Å²) in [5.41, 5.74) is 2.03. The first-order valence-corrected chi connectivity index (χ1v) is 10.1. The summed E-state index contributed by atoms with van der Waals surface area (Å²) < 4.78 is 21.9. The van der Waals surface area contributed by atoms with E-state index in [0.717, 1.165) is 36.5 Å². The molecule has 3 rings (SSSR count). The van der Waals surface area contributed by atoms with Crippen LogP contribution in [0.1, 0.15) is 23.9 Å². The van der Waals surface area contributed by atoms with Gasteiger partial charge >= 0.3 is 0 Å². The molecule has 8 heteroatoms. The molecule has 160 valence electrons. The van der Waals surface area contributed by atoms with Crippen LogP contribution in [0.5, 0.6) is 11.5 Å². The number of β-amino-alcohol motifs (C(OH)–C–C–N with tert-alkyl or cyclic N) is 1. The van der Waals surface area contributed by atoms with E-state index in [9.17, 15) is 5.11 Å². The summed E-state index contributed by atoms with van der Waals surface area (Å²) in [6.07, 6.45) is 0.303. The topological polar surface area (TPSA) is 89.2 Å². The highest BCUT2D eigenvalue weighted by molar-refractivity contribution is 5.43. The summed E-state index contributed by atoms with van der Waals surface area (Å²) in [7, 11) is 1.62. The lowest BCUT2D eigenvalue weighted by atomic mass is 10.2. The van der Waals surface area contributed by atoms with E-state index in [1.165, 1.54) is 0 Å². The second-order valence-electron chi connectivity index (χ2n) is 7.10. The molecule has 8 nitrogen and oxygen atoms in total. The van der Waals surface area contributed by atoms with E-state index >= 15 is 0 Å². The van der Waals surface area contributed by atoms with Crippen LogP contribution >= 0.6 is 0 Å². The van der Waals surface area contributed by atoms with Crippen molar-refractivity contribution in [2.24, 2.45) is 0 Å². The minimum absolute atomic E-state index is 0.219. The summed E-state index contributed by atoms with van der Waals surface area (Å²) in [6.45, 7) is 7.24. The van der Waals surface area contributed by atoms with Gasteiger partial charge in [0.05, 0.1) is 32.6 Å². The van der Waals surface area contributed by atoms with Crippen LogP contribution < -0.4 is 14.8 Å². The first-order valence-electron chi connectivity index (χ1n) is 10.1. The van der Waals surface area contributed by atoms with Crippen LogP contribution in [-0.2, 0) is 24.2 Å². The lowest BCUT2D eigenvalue weighted by molar-refractivity contribution is 0.00445. The highest BCUT2D eigenvalue weighted by atomic mass is 16.5. The van der Waals surface area contributed by atoms with Gasteiger partial charge < -0.3 is 29.2 Å². The third-order valence-electron chi connectivity index (χ3n) is 4.83. The molecule has 1 aromatic heterocycles. The quantitative estimate of drug-likeness (QED) is 0.583. The molecule has 0 saturated carbocycles. The minimum atomic E-state index is -0.561. The molecule has 1 aliphatic rings. The lowest BCUT2D eigenvalue weighted by Gasteiger charge is -2.28. The van der Waals surface area contributed by atoms with Gasteiger partial charge in [0, 0.05) is 32.2 Å². The summed E-state index contributed by atoms with van der Waals surface area (Å²) in [4.78, 5) is 2.18. The van der Waals surface area contributed by atoms with Gasteiger partial charge in [-0.1, -0.05) is 18.1 Å². The molecule has 29 heavy (non-hydrogen) atoms. The number of hydrogen-bond acceptors (Lipinski definition) is 8. The number of benzene rings is 1. The molecule has 0 amide bonds. The first kappa shape index (κ1) is 21.6. The normalized spacial score (nSPS) is 16.0. The summed E-state index contributed by atoms with van der Waals surface area (Å²) in [5, 5.41) is 17.6. The fraction of sp³-hybridized carbons (Fsp3) is 0.571. The van der Waals surface area contributed by atoms with E-state index in [1.807, 2.05) is 31.2 Å². The van der Waals surface area contributed by atoms with E-state index in [4.69, 9.17) is 18.7 Å².